The van der Waals surface area contributed by atoms with Crippen molar-refractivity contribution >= 4 is 27.8 Å². The van der Waals surface area contributed by atoms with E-state index in [0.717, 1.165) is 34.4 Å². The number of hydrogen-bond donors (Lipinski definition) is 0. The lowest BCUT2D eigenvalue weighted by atomic mass is 10.1. The van der Waals surface area contributed by atoms with Crippen molar-refractivity contribution in [1.82, 2.24) is 9.97 Å². The Morgan fingerprint density at radius 3 is 2.20 bits per heavy atom. The van der Waals surface area contributed by atoms with Gasteiger partial charge in [-0.1, -0.05) is 92.0 Å². The van der Waals surface area contributed by atoms with E-state index in [1.165, 1.54) is 3.71 Å². The molecule has 0 spiro atoms. The molecule has 0 unspecified atom stereocenters. The van der Waals surface area contributed by atoms with Crippen molar-refractivity contribution in [3.8, 4) is 17.0 Å². The van der Waals surface area contributed by atoms with E-state index in [4.69, 9.17) is 14.7 Å². The quantitative estimate of drug-likeness (QED) is 0.127. The van der Waals surface area contributed by atoms with Gasteiger partial charge in [0.1, 0.15) is 5.75 Å². The van der Waals surface area contributed by atoms with Crippen molar-refractivity contribution in [2.75, 3.05) is 16.6 Å². The van der Waals surface area contributed by atoms with Crippen molar-refractivity contribution in [3.63, 3.8) is 0 Å². The highest BCUT2D eigenvalue weighted by Gasteiger charge is 2.29. The lowest BCUT2D eigenvalue weighted by molar-refractivity contribution is 0.415. The van der Waals surface area contributed by atoms with Gasteiger partial charge in [0.15, 0.2) is 5.82 Å². The summed E-state index contributed by atoms with van der Waals surface area (Å²) in [6.45, 7) is 7.61. The molecule has 0 radical (unpaired) electrons. The number of hydrogen-bond acceptors (Lipinski definition) is 6. The third-order valence-electron chi connectivity index (χ3n) is 5.98. The number of benzene rings is 3. The summed E-state index contributed by atoms with van der Waals surface area (Å²) in [6, 6.07) is 26.5. The van der Waals surface area contributed by atoms with Crippen molar-refractivity contribution in [3.05, 3.63) is 145 Å². The highest BCUT2D eigenvalue weighted by molar-refractivity contribution is 8.14. The first kappa shape index (κ1) is 28.9. The molecule has 0 aliphatic heterocycles. The Bertz CT molecular complexity index is 1570. The van der Waals surface area contributed by atoms with E-state index >= 15 is 0 Å². The van der Waals surface area contributed by atoms with Crippen molar-refractivity contribution in [2.24, 2.45) is 0 Å². The molecule has 0 aliphatic rings. The maximum Gasteiger partial charge on any atom is 0.250 e. The van der Waals surface area contributed by atoms with Crippen LogP contribution in [0.2, 0.25) is 0 Å². The van der Waals surface area contributed by atoms with Crippen LogP contribution in [0.25, 0.3) is 11.3 Å². The second kappa shape index (κ2) is 13.8. The third kappa shape index (κ3) is 7.49. The Balaban J connectivity index is 1.81. The number of ether oxygens (including phenoxy) is 1. The number of sulfonamides is 1. The van der Waals surface area contributed by atoms with Crippen LogP contribution >= 0.6 is 11.9 Å². The molecule has 0 aliphatic carbocycles. The van der Waals surface area contributed by atoms with Gasteiger partial charge in [-0.15, -0.1) is 0 Å². The highest BCUT2D eigenvalue weighted by atomic mass is 32.3. The minimum Gasteiger partial charge on any atom is -0.497 e. The third-order valence-corrected chi connectivity index (χ3v) is 9.23. The molecule has 0 bridgehead atoms. The maximum atomic E-state index is 13.9. The number of nitrogens with zero attached hydrogens (tertiary/aromatic N) is 3. The van der Waals surface area contributed by atoms with Gasteiger partial charge in [0.05, 0.1) is 30.4 Å². The van der Waals surface area contributed by atoms with Gasteiger partial charge < -0.3 is 4.74 Å². The lowest BCUT2D eigenvalue weighted by Crippen LogP contribution is -2.28. The summed E-state index contributed by atoms with van der Waals surface area (Å²) in [4.78, 5) is 9.66. The molecular weight excluding hydrogens is 539 g/mol. The molecular formula is C32H31N3O3S2. The molecule has 0 fully saturated rings. The first-order valence-corrected chi connectivity index (χ1v) is 15.2. The molecule has 0 saturated carbocycles. The standard InChI is InChI=1S/C32H31N3O3S2/c1-4-12-25(5-2)23-39-35(40(36,37)24-27-15-10-7-11-16-27)32-30(21-26-13-8-6-9-14-26)34-31(22-33-32)28-17-19-29(38-3)20-18-28/h4-20,22H,1-2,21,23-24H2,3H3/b25-12+. The average Bonchev–Trinajstić information content (AvgIpc) is 2.98. The van der Waals surface area contributed by atoms with Gasteiger partial charge in [0.2, 0.25) is 10.0 Å². The summed E-state index contributed by atoms with van der Waals surface area (Å²) in [7, 11) is -2.24. The van der Waals surface area contributed by atoms with E-state index in [0.29, 0.717) is 29.1 Å². The minimum atomic E-state index is -3.86. The maximum absolute atomic E-state index is 13.9. The fourth-order valence-electron chi connectivity index (χ4n) is 3.96. The molecule has 0 amide bonds. The van der Waals surface area contributed by atoms with Crippen LogP contribution in [0.3, 0.4) is 0 Å². The van der Waals surface area contributed by atoms with Gasteiger partial charge in [-0.2, -0.15) is 3.71 Å². The van der Waals surface area contributed by atoms with Crippen molar-refractivity contribution < 1.29 is 13.2 Å². The van der Waals surface area contributed by atoms with E-state index in [-0.39, 0.29) is 11.6 Å². The molecule has 0 atom stereocenters. The second-order valence-electron chi connectivity index (χ2n) is 8.84. The molecule has 204 valence electrons. The molecule has 40 heavy (non-hydrogen) atoms. The fraction of sp³-hybridized carbons (Fsp3) is 0.125. The van der Waals surface area contributed by atoms with Crippen molar-refractivity contribution in [2.45, 2.75) is 12.2 Å². The topological polar surface area (TPSA) is 72.4 Å². The zero-order chi connectivity index (χ0) is 28.4. The summed E-state index contributed by atoms with van der Waals surface area (Å²) < 4.78 is 34.5. The number of allylic oxidation sites excluding steroid dienone is 3. The van der Waals surface area contributed by atoms with E-state index in [1.54, 1.807) is 37.6 Å². The zero-order valence-corrected chi connectivity index (χ0v) is 23.9. The summed E-state index contributed by atoms with van der Waals surface area (Å²) >= 11 is 1.14. The van der Waals surface area contributed by atoms with Gasteiger partial charge in [0, 0.05) is 17.7 Å². The highest BCUT2D eigenvalue weighted by Crippen LogP contribution is 2.33. The Labute approximate surface area is 241 Å². The number of rotatable bonds is 13. The Morgan fingerprint density at radius 1 is 0.950 bits per heavy atom. The van der Waals surface area contributed by atoms with Gasteiger partial charge in [-0.25, -0.2) is 18.4 Å². The van der Waals surface area contributed by atoms with Gasteiger partial charge in [-0.3, -0.25) is 0 Å². The summed E-state index contributed by atoms with van der Waals surface area (Å²) in [5.41, 5.74) is 4.56. The fourth-order valence-corrected chi connectivity index (χ4v) is 6.82. The minimum absolute atomic E-state index is 0.178. The number of anilines is 1. The smallest absolute Gasteiger partial charge is 0.250 e. The van der Waals surface area contributed by atoms with Crippen LogP contribution < -0.4 is 8.45 Å². The molecule has 4 rings (SSSR count). The van der Waals surface area contributed by atoms with Crippen molar-refractivity contribution in [1.29, 1.82) is 0 Å². The Morgan fingerprint density at radius 2 is 1.60 bits per heavy atom. The zero-order valence-electron chi connectivity index (χ0n) is 22.3. The van der Waals surface area contributed by atoms with E-state index in [9.17, 15) is 8.42 Å². The SMILES string of the molecule is C=C/C=C(\C=C)CSN(c1ncc(-c2ccc(OC)cc2)nc1Cc1ccccc1)S(=O)(=O)Cc1ccccc1. The van der Waals surface area contributed by atoms with Crippen LogP contribution in [0, 0.1) is 0 Å². The first-order chi connectivity index (χ1) is 19.4. The molecule has 0 saturated heterocycles. The summed E-state index contributed by atoms with van der Waals surface area (Å²) in [6.07, 6.45) is 7.18. The van der Waals surface area contributed by atoms with Crippen LogP contribution in [0.1, 0.15) is 16.8 Å². The molecule has 3 aromatic carbocycles. The number of methoxy groups -OCH3 is 1. The summed E-state index contributed by atoms with van der Waals surface area (Å²) in [5, 5.41) is 0. The molecule has 1 heterocycles. The Hall–Kier alpha value is -4.14. The van der Waals surface area contributed by atoms with E-state index in [1.807, 2.05) is 78.9 Å². The molecule has 8 heteroatoms. The van der Waals surface area contributed by atoms with Gasteiger partial charge in [0.25, 0.3) is 0 Å². The second-order valence-corrected chi connectivity index (χ2v) is 11.8. The van der Waals surface area contributed by atoms with Crippen LogP contribution in [0.15, 0.2) is 128 Å². The predicted octanol–water partition coefficient (Wildman–Crippen LogP) is 7.03. The molecule has 0 N–H and O–H groups in total. The van der Waals surface area contributed by atoms with Crippen LogP contribution in [-0.2, 0) is 22.2 Å². The number of aromatic nitrogens is 2. The Kier molecular flexibility index (Phi) is 9.94. The van der Waals surface area contributed by atoms with Gasteiger partial charge in [-0.05, 0) is 52.9 Å². The van der Waals surface area contributed by atoms with Crippen LogP contribution in [0.4, 0.5) is 5.82 Å². The van der Waals surface area contributed by atoms with Gasteiger partial charge >= 0.3 is 0 Å². The van der Waals surface area contributed by atoms with Crippen LogP contribution in [-0.4, -0.2) is 31.2 Å². The predicted molar refractivity (Wildman–Crippen MR) is 166 cm³/mol. The first-order valence-electron chi connectivity index (χ1n) is 12.6. The lowest BCUT2D eigenvalue weighted by Gasteiger charge is -2.24. The van der Waals surface area contributed by atoms with E-state index in [2.05, 4.69) is 13.2 Å². The normalized spacial score (nSPS) is 11.6. The average molecular weight is 570 g/mol. The molecule has 6 nitrogen and oxygen atoms in total. The molecule has 4 aromatic rings. The molecule has 1 aromatic heterocycles. The monoisotopic (exact) mass is 569 g/mol. The summed E-state index contributed by atoms with van der Waals surface area (Å²) in [5.74, 6) is 1.19. The van der Waals surface area contributed by atoms with Crippen LogP contribution in [0.5, 0.6) is 5.75 Å². The van der Waals surface area contributed by atoms with E-state index < -0.39 is 10.0 Å². The largest absolute Gasteiger partial charge is 0.497 e.